The molecule has 0 amide bonds. The van der Waals surface area contributed by atoms with Crippen molar-refractivity contribution in [3.05, 3.63) is 65.7 Å². The van der Waals surface area contributed by atoms with Crippen LogP contribution >= 0.6 is 0 Å². The quantitative estimate of drug-likeness (QED) is 0.752. The topological polar surface area (TPSA) is 81.3 Å². The van der Waals surface area contributed by atoms with E-state index in [4.69, 9.17) is 10.4 Å². The van der Waals surface area contributed by atoms with Crippen LogP contribution in [0.4, 0.5) is 0 Å². The van der Waals surface area contributed by atoms with E-state index in [0.29, 0.717) is 11.1 Å². The second-order valence-electron chi connectivity index (χ2n) is 4.89. The molecule has 0 spiro atoms. The van der Waals surface area contributed by atoms with E-state index >= 15 is 0 Å². The molecular formula is C18H11NO3. The highest BCUT2D eigenvalue weighted by atomic mass is 16.4. The van der Waals surface area contributed by atoms with Crippen LogP contribution in [-0.4, -0.2) is 16.2 Å². The molecule has 4 nitrogen and oxygen atoms in total. The molecule has 3 aromatic rings. The number of aromatic hydroxyl groups is 1. The lowest BCUT2D eigenvalue weighted by molar-refractivity contribution is 0.0697. The number of phenols is 1. The summed E-state index contributed by atoms with van der Waals surface area (Å²) in [6.07, 6.45) is 0. The predicted octanol–water partition coefficient (Wildman–Crippen LogP) is 3.78. The second kappa shape index (κ2) is 5.23. The Labute approximate surface area is 126 Å². The molecule has 2 N–H and O–H groups in total. The molecule has 0 aliphatic rings. The highest BCUT2D eigenvalue weighted by Gasteiger charge is 2.11. The Morgan fingerprint density at radius 2 is 1.82 bits per heavy atom. The van der Waals surface area contributed by atoms with E-state index in [1.54, 1.807) is 30.3 Å². The zero-order valence-corrected chi connectivity index (χ0v) is 11.4. The van der Waals surface area contributed by atoms with Gasteiger partial charge in [0, 0.05) is 5.56 Å². The minimum Gasteiger partial charge on any atom is -0.507 e. The molecule has 0 aromatic heterocycles. The molecular weight excluding hydrogens is 278 g/mol. The fourth-order valence-corrected chi connectivity index (χ4v) is 2.47. The molecule has 3 aromatic carbocycles. The van der Waals surface area contributed by atoms with Crippen LogP contribution in [0.5, 0.6) is 5.75 Å². The van der Waals surface area contributed by atoms with Gasteiger partial charge in [0.05, 0.1) is 17.2 Å². The first kappa shape index (κ1) is 13.7. The number of fused-ring (bicyclic) bond motifs is 1. The number of carbonyl (C=O) groups is 1. The van der Waals surface area contributed by atoms with Gasteiger partial charge in [-0.15, -0.1) is 0 Å². The number of hydrogen-bond donors (Lipinski definition) is 2. The molecule has 0 atom stereocenters. The van der Waals surface area contributed by atoms with Crippen LogP contribution in [0.1, 0.15) is 15.9 Å². The van der Waals surface area contributed by atoms with Crippen LogP contribution in [0.15, 0.2) is 54.6 Å². The van der Waals surface area contributed by atoms with Crippen molar-refractivity contribution in [3.8, 4) is 22.9 Å². The highest BCUT2D eigenvalue weighted by Crippen LogP contribution is 2.35. The maximum Gasteiger partial charge on any atom is 0.335 e. The molecule has 0 fully saturated rings. The minimum atomic E-state index is -0.999. The molecule has 106 valence electrons. The summed E-state index contributed by atoms with van der Waals surface area (Å²) in [7, 11) is 0. The van der Waals surface area contributed by atoms with Gasteiger partial charge in [-0.05, 0) is 46.7 Å². The van der Waals surface area contributed by atoms with Gasteiger partial charge in [-0.25, -0.2) is 4.79 Å². The van der Waals surface area contributed by atoms with Crippen LogP contribution in [0.3, 0.4) is 0 Å². The standard InChI is InChI=1S/C18H11NO3/c19-10-11-4-7-15(17(20)8-11)14-3-1-2-12-5-6-13(18(21)22)9-16(12)14/h1-9,20H,(H,21,22). The Morgan fingerprint density at radius 3 is 2.50 bits per heavy atom. The molecule has 3 rings (SSSR count). The molecule has 0 unspecified atom stereocenters. The van der Waals surface area contributed by atoms with E-state index in [9.17, 15) is 9.90 Å². The molecule has 0 aliphatic heterocycles. The summed E-state index contributed by atoms with van der Waals surface area (Å²) >= 11 is 0. The van der Waals surface area contributed by atoms with E-state index in [0.717, 1.165) is 16.3 Å². The minimum absolute atomic E-state index is 0.00715. The van der Waals surface area contributed by atoms with Crippen molar-refractivity contribution < 1.29 is 15.0 Å². The van der Waals surface area contributed by atoms with Gasteiger partial charge < -0.3 is 10.2 Å². The first-order valence-electron chi connectivity index (χ1n) is 6.60. The zero-order valence-electron chi connectivity index (χ0n) is 11.4. The maximum absolute atomic E-state index is 11.2. The van der Waals surface area contributed by atoms with Crippen molar-refractivity contribution >= 4 is 16.7 Å². The summed E-state index contributed by atoms with van der Waals surface area (Å²) < 4.78 is 0. The molecule has 0 heterocycles. The monoisotopic (exact) mass is 289 g/mol. The van der Waals surface area contributed by atoms with Gasteiger partial charge in [-0.3, -0.25) is 0 Å². The number of benzene rings is 3. The largest absolute Gasteiger partial charge is 0.507 e. The lowest BCUT2D eigenvalue weighted by atomic mass is 9.95. The number of nitrogens with zero attached hydrogens (tertiary/aromatic N) is 1. The number of nitriles is 1. The smallest absolute Gasteiger partial charge is 0.335 e. The van der Waals surface area contributed by atoms with Crippen LogP contribution < -0.4 is 0 Å². The third-order valence-corrected chi connectivity index (χ3v) is 3.55. The average molecular weight is 289 g/mol. The van der Waals surface area contributed by atoms with Crippen LogP contribution in [-0.2, 0) is 0 Å². The normalized spacial score (nSPS) is 10.3. The molecule has 0 bridgehead atoms. The van der Waals surface area contributed by atoms with E-state index < -0.39 is 5.97 Å². The van der Waals surface area contributed by atoms with E-state index in [1.165, 1.54) is 6.07 Å². The molecule has 0 saturated heterocycles. The van der Waals surface area contributed by atoms with E-state index in [1.807, 2.05) is 24.3 Å². The predicted molar refractivity (Wildman–Crippen MR) is 82.7 cm³/mol. The summed E-state index contributed by atoms with van der Waals surface area (Å²) in [6, 6.07) is 17.1. The first-order chi connectivity index (χ1) is 10.6. The summed E-state index contributed by atoms with van der Waals surface area (Å²) in [5.41, 5.74) is 1.84. The summed E-state index contributed by atoms with van der Waals surface area (Å²) in [4.78, 5) is 11.2. The number of hydrogen-bond acceptors (Lipinski definition) is 3. The van der Waals surface area contributed by atoms with Crippen molar-refractivity contribution in [1.82, 2.24) is 0 Å². The molecule has 0 radical (unpaired) electrons. The van der Waals surface area contributed by atoms with Gasteiger partial charge in [0.25, 0.3) is 0 Å². The van der Waals surface area contributed by atoms with Gasteiger partial charge in [0.2, 0.25) is 0 Å². The molecule has 0 aliphatic carbocycles. The highest BCUT2D eigenvalue weighted by molar-refractivity contribution is 6.02. The number of rotatable bonds is 2. The Bertz CT molecular complexity index is 939. The van der Waals surface area contributed by atoms with Gasteiger partial charge in [-0.1, -0.05) is 24.3 Å². The van der Waals surface area contributed by atoms with Crippen LogP contribution in [0.2, 0.25) is 0 Å². The zero-order chi connectivity index (χ0) is 15.7. The Kier molecular flexibility index (Phi) is 3.24. The lowest BCUT2D eigenvalue weighted by Crippen LogP contribution is -1.95. The molecule has 0 saturated carbocycles. The molecule has 4 heteroatoms. The Morgan fingerprint density at radius 1 is 1.00 bits per heavy atom. The number of aromatic carboxylic acids is 1. The first-order valence-corrected chi connectivity index (χ1v) is 6.60. The Balaban J connectivity index is 2.29. The van der Waals surface area contributed by atoms with Gasteiger partial charge in [-0.2, -0.15) is 5.26 Å². The summed E-state index contributed by atoms with van der Waals surface area (Å²) in [6.45, 7) is 0. The summed E-state index contributed by atoms with van der Waals surface area (Å²) in [5.74, 6) is -1.01. The number of phenolic OH excluding ortho intramolecular Hbond substituents is 1. The Hall–Kier alpha value is -3.32. The number of carboxylic acid groups (broad SMARTS) is 1. The van der Waals surface area contributed by atoms with Crippen LogP contribution in [0, 0.1) is 11.3 Å². The maximum atomic E-state index is 11.2. The third-order valence-electron chi connectivity index (χ3n) is 3.55. The van der Waals surface area contributed by atoms with Gasteiger partial charge in [0.1, 0.15) is 5.75 Å². The van der Waals surface area contributed by atoms with E-state index in [-0.39, 0.29) is 11.3 Å². The SMILES string of the molecule is N#Cc1ccc(-c2cccc3ccc(C(=O)O)cc23)c(O)c1. The third kappa shape index (κ3) is 2.25. The van der Waals surface area contributed by atoms with Gasteiger partial charge >= 0.3 is 5.97 Å². The number of carboxylic acids is 1. The lowest BCUT2D eigenvalue weighted by Gasteiger charge is -2.10. The molecule has 22 heavy (non-hydrogen) atoms. The fourth-order valence-electron chi connectivity index (χ4n) is 2.47. The summed E-state index contributed by atoms with van der Waals surface area (Å²) in [5, 5.41) is 29.8. The fraction of sp³-hybridized carbons (Fsp3) is 0. The average Bonchev–Trinajstić information content (AvgIpc) is 2.53. The van der Waals surface area contributed by atoms with E-state index in [2.05, 4.69) is 0 Å². The van der Waals surface area contributed by atoms with Gasteiger partial charge in [0.15, 0.2) is 0 Å². The van der Waals surface area contributed by atoms with Crippen LogP contribution in [0.25, 0.3) is 21.9 Å². The van der Waals surface area contributed by atoms with Crippen molar-refractivity contribution in [1.29, 1.82) is 5.26 Å². The van der Waals surface area contributed by atoms with Crippen molar-refractivity contribution in [2.45, 2.75) is 0 Å². The van der Waals surface area contributed by atoms with Crippen molar-refractivity contribution in [2.24, 2.45) is 0 Å². The second-order valence-corrected chi connectivity index (χ2v) is 4.89. The van der Waals surface area contributed by atoms with Crippen molar-refractivity contribution in [2.75, 3.05) is 0 Å². The van der Waals surface area contributed by atoms with Crippen molar-refractivity contribution in [3.63, 3.8) is 0 Å².